The van der Waals surface area contributed by atoms with Gasteiger partial charge in [0.05, 0.1) is 5.41 Å². The van der Waals surface area contributed by atoms with Gasteiger partial charge in [0.1, 0.15) is 0 Å². The predicted octanol–water partition coefficient (Wildman–Crippen LogP) is 2.47. The molecule has 0 saturated carbocycles. The Morgan fingerprint density at radius 3 is 2.65 bits per heavy atom. The molecule has 3 N–H and O–H groups in total. The van der Waals surface area contributed by atoms with Crippen molar-refractivity contribution >= 4 is 17.2 Å². The molecule has 0 spiro atoms. The van der Waals surface area contributed by atoms with Crippen LogP contribution in [0.15, 0.2) is 12.1 Å². The van der Waals surface area contributed by atoms with Gasteiger partial charge in [-0.05, 0) is 39.3 Å². The quantitative estimate of drug-likeness (QED) is 0.819. The first-order chi connectivity index (χ1) is 7.86. The van der Waals surface area contributed by atoms with Gasteiger partial charge in [0, 0.05) is 22.3 Å². The maximum atomic E-state index is 11.2. The third kappa shape index (κ3) is 3.82. The first kappa shape index (κ1) is 14.2. The number of hydrogen-bond acceptors (Lipinski definition) is 3. The van der Waals surface area contributed by atoms with E-state index in [1.54, 1.807) is 0 Å². The van der Waals surface area contributed by atoms with E-state index in [-0.39, 0.29) is 11.9 Å². The third-order valence-corrected chi connectivity index (χ3v) is 4.39. The summed E-state index contributed by atoms with van der Waals surface area (Å²) in [6, 6.07) is 4.58. The fourth-order valence-corrected chi connectivity index (χ4v) is 2.39. The monoisotopic (exact) mass is 254 g/mol. The zero-order valence-corrected chi connectivity index (χ0v) is 11.9. The molecular formula is C13H22N2OS. The van der Waals surface area contributed by atoms with Crippen molar-refractivity contribution in [2.24, 2.45) is 11.1 Å². The van der Waals surface area contributed by atoms with Crippen molar-refractivity contribution in [1.29, 1.82) is 0 Å². The van der Waals surface area contributed by atoms with E-state index in [1.807, 2.05) is 25.2 Å². The van der Waals surface area contributed by atoms with E-state index in [1.165, 1.54) is 9.75 Å². The van der Waals surface area contributed by atoms with Crippen LogP contribution < -0.4 is 11.1 Å². The molecule has 1 aromatic rings. The van der Waals surface area contributed by atoms with Crippen LogP contribution in [0.5, 0.6) is 0 Å². The number of primary amides is 1. The lowest BCUT2D eigenvalue weighted by atomic mass is 9.92. The normalized spacial score (nSPS) is 13.6. The Bertz CT molecular complexity index is 385. The molecule has 1 unspecified atom stereocenters. The zero-order valence-electron chi connectivity index (χ0n) is 11.0. The van der Waals surface area contributed by atoms with Crippen LogP contribution in [-0.2, 0) is 11.2 Å². The molecule has 1 aromatic heterocycles. The minimum atomic E-state index is -0.501. The smallest absolute Gasteiger partial charge is 0.224 e. The lowest BCUT2D eigenvalue weighted by Gasteiger charge is -2.23. The Labute approximate surface area is 107 Å². The molecule has 4 heteroatoms. The van der Waals surface area contributed by atoms with Crippen LogP contribution in [0.3, 0.4) is 0 Å². The summed E-state index contributed by atoms with van der Waals surface area (Å²) in [4.78, 5) is 13.9. The summed E-state index contributed by atoms with van der Waals surface area (Å²) in [7, 11) is 0. The highest BCUT2D eigenvalue weighted by Gasteiger charge is 2.25. The minimum Gasteiger partial charge on any atom is -0.369 e. The van der Waals surface area contributed by atoms with Crippen LogP contribution in [0.2, 0.25) is 0 Å². The summed E-state index contributed by atoms with van der Waals surface area (Å²) in [6.07, 6.45) is 1.07. The first-order valence-electron chi connectivity index (χ1n) is 5.98. The molecule has 1 atom stereocenters. The van der Waals surface area contributed by atoms with Crippen molar-refractivity contribution < 1.29 is 4.79 Å². The number of aryl methyl sites for hydroxylation is 1. The second kappa shape index (κ2) is 5.65. The maximum absolute atomic E-state index is 11.2. The standard InChI is InChI=1S/C13H22N2OS/c1-5-10-6-7-11(17-10)9(2)15-8-13(3,4)12(14)16/h6-7,9,15H,5,8H2,1-4H3,(H2,14,16). The van der Waals surface area contributed by atoms with E-state index in [9.17, 15) is 4.79 Å². The molecule has 0 saturated heterocycles. The molecule has 0 bridgehead atoms. The lowest BCUT2D eigenvalue weighted by Crippen LogP contribution is -2.41. The Kier molecular flexibility index (Phi) is 4.71. The summed E-state index contributed by atoms with van der Waals surface area (Å²) in [6.45, 7) is 8.59. The average molecular weight is 254 g/mol. The van der Waals surface area contributed by atoms with Crippen LogP contribution >= 0.6 is 11.3 Å². The van der Waals surface area contributed by atoms with Gasteiger partial charge < -0.3 is 11.1 Å². The van der Waals surface area contributed by atoms with E-state index in [0.717, 1.165) is 6.42 Å². The van der Waals surface area contributed by atoms with Gasteiger partial charge in [-0.3, -0.25) is 4.79 Å². The van der Waals surface area contributed by atoms with Gasteiger partial charge in [-0.1, -0.05) is 6.92 Å². The molecular weight excluding hydrogens is 232 g/mol. The molecule has 0 aliphatic heterocycles. The van der Waals surface area contributed by atoms with Gasteiger partial charge in [-0.2, -0.15) is 0 Å². The van der Waals surface area contributed by atoms with Gasteiger partial charge in [-0.15, -0.1) is 11.3 Å². The number of carbonyl (C=O) groups is 1. The number of rotatable bonds is 6. The lowest BCUT2D eigenvalue weighted by molar-refractivity contribution is -0.125. The van der Waals surface area contributed by atoms with E-state index in [0.29, 0.717) is 6.54 Å². The highest BCUT2D eigenvalue weighted by Crippen LogP contribution is 2.24. The first-order valence-corrected chi connectivity index (χ1v) is 6.80. The number of nitrogens with two attached hydrogens (primary N) is 1. The highest BCUT2D eigenvalue weighted by atomic mass is 32.1. The molecule has 96 valence electrons. The Balaban J connectivity index is 2.55. The average Bonchev–Trinajstić information content (AvgIpc) is 2.74. The molecule has 0 radical (unpaired) electrons. The topological polar surface area (TPSA) is 55.1 Å². The van der Waals surface area contributed by atoms with Crippen molar-refractivity contribution in [2.75, 3.05) is 6.54 Å². The summed E-state index contributed by atoms with van der Waals surface area (Å²) < 4.78 is 0. The molecule has 0 aliphatic rings. The zero-order chi connectivity index (χ0) is 13.1. The summed E-state index contributed by atoms with van der Waals surface area (Å²) in [5.74, 6) is -0.266. The Hall–Kier alpha value is -0.870. The molecule has 1 heterocycles. The minimum absolute atomic E-state index is 0.263. The molecule has 0 aromatic carbocycles. The Morgan fingerprint density at radius 1 is 1.53 bits per heavy atom. The van der Waals surface area contributed by atoms with Gasteiger partial charge in [0.25, 0.3) is 0 Å². The van der Waals surface area contributed by atoms with E-state index >= 15 is 0 Å². The van der Waals surface area contributed by atoms with Crippen LogP contribution in [0.1, 0.15) is 43.5 Å². The number of amides is 1. The maximum Gasteiger partial charge on any atom is 0.224 e. The van der Waals surface area contributed by atoms with Crippen molar-refractivity contribution in [3.8, 4) is 0 Å². The summed E-state index contributed by atoms with van der Waals surface area (Å²) >= 11 is 1.82. The molecule has 0 fully saturated rings. The number of thiophene rings is 1. The molecule has 17 heavy (non-hydrogen) atoms. The van der Waals surface area contributed by atoms with Crippen molar-refractivity contribution in [1.82, 2.24) is 5.32 Å². The predicted molar refractivity (Wildman–Crippen MR) is 73.1 cm³/mol. The molecule has 1 rings (SSSR count). The van der Waals surface area contributed by atoms with Crippen molar-refractivity contribution in [3.63, 3.8) is 0 Å². The van der Waals surface area contributed by atoms with Crippen LogP contribution in [0, 0.1) is 5.41 Å². The van der Waals surface area contributed by atoms with Crippen molar-refractivity contribution in [3.05, 3.63) is 21.9 Å². The second-order valence-corrected chi connectivity index (χ2v) is 6.21. The van der Waals surface area contributed by atoms with E-state index in [2.05, 4.69) is 31.3 Å². The van der Waals surface area contributed by atoms with Gasteiger partial charge in [-0.25, -0.2) is 0 Å². The van der Waals surface area contributed by atoms with Gasteiger partial charge in [0.15, 0.2) is 0 Å². The fourth-order valence-electron chi connectivity index (χ4n) is 1.41. The van der Waals surface area contributed by atoms with E-state index in [4.69, 9.17) is 5.73 Å². The van der Waals surface area contributed by atoms with Crippen LogP contribution in [0.25, 0.3) is 0 Å². The molecule has 0 aliphatic carbocycles. The van der Waals surface area contributed by atoms with E-state index < -0.39 is 5.41 Å². The number of carbonyl (C=O) groups excluding carboxylic acids is 1. The van der Waals surface area contributed by atoms with Gasteiger partial charge >= 0.3 is 0 Å². The molecule has 1 amide bonds. The second-order valence-electron chi connectivity index (χ2n) is 5.01. The fraction of sp³-hybridized carbons (Fsp3) is 0.615. The van der Waals surface area contributed by atoms with Crippen LogP contribution in [0.4, 0.5) is 0 Å². The van der Waals surface area contributed by atoms with Crippen molar-refractivity contribution in [2.45, 2.75) is 40.2 Å². The SMILES string of the molecule is CCc1ccc(C(C)NCC(C)(C)C(N)=O)s1. The van der Waals surface area contributed by atoms with Crippen LogP contribution in [-0.4, -0.2) is 12.5 Å². The number of hydrogen-bond donors (Lipinski definition) is 2. The number of nitrogens with one attached hydrogen (secondary N) is 1. The summed E-state index contributed by atoms with van der Waals surface area (Å²) in [5, 5.41) is 3.37. The Morgan fingerprint density at radius 2 is 2.18 bits per heavy atom. The summed E-state index contributed by atoms with van der Waals surface area (Å²) in [5.41, 5.74) is 4.84. The largest absolute Gasteiger partial charge is 0.369 e. The molecule has 3 nitrogen and oxygen atoms in total. The third-order valence-electron chi connectivity index (χ3n) is 2.97. The van der Waals surface area contributed by atoms with Gasteiger partial charge in [0.2, 0.25) is 5.91 Å². The highest BCUT2D eigenvalue weighted by molar-refractivity contribution is 7.12.